The van der Waals surface area contributed by atoms with Crippen molar-refractivity contribution in [3.8, 4) is 11.3 Å². The van der Waals surface area contributed by atoms with Crippen LogP contribution in [0.1, 0.15) is 30.6 Å². The monoisotopic (exact) mass is 377 g/mol. The van der Waals surface area contributed by atoms with E-state index >= 15 is 0 Å². The van der Waals surface area contributed by atoms with Crippen molar-refractivity contribution in [3.63, 3.8) is 0 Å². The number of rotatable bonds is 8. The van der Waals surface area contributed by atoms with Crippen molar-refractivity contribution in [2.45, 2.75) is 20.3 Å². The summed E-state index contributed by atoms with van der Waals surface area (Å²) in [5, 5.41) is 4.58. The minimum absolute atomic E-state index is 0.195. The van der Waals surface area contributed by atoms with Crippen molar-refractivity contribution in [2.75, 3.05) is 18.5 Å². The lowest BCUT2D eigenvalue weighted by Crippen LogP contribution is -2.21. The van der Waals surface area contributed by atoms with E-state index in [1.807, 2.05) is 6.92 Å². The number of thiophene rings is 1. The predicted molar refractivity (Wildman–Crippen MR) is 97.0 cm³/mol. The molecule has 0 bridgehead atoms. The molecule has 0 unspecified atom stereocenters. The highest BCUT2D eigenvalue weighted by Gasteiger charge is 2.24. The van der Waals surface area contributed by atoms with Gasteiger partial charge in [-0.05, 0) is 25.5 Å². The van der Waals surface area contributed by atoms with E-state index in [2.05, 4.69) is 5.32 Å². The Kier molecular flexibility index (Phi) is 7.16. The third kappa shape index (κ3) is 5.06. The van der Waals surface area contributed by atoms with Crippen LogP contribution in [-0.2, 0) is 19.1 Å². The Balaban J connectivity index is 2.13. The highest BCUT2D eigenvalue weighted by molar-refractivity contribution is 7.15. The molecular formula is C18H19NO6S. The molecule has 0 aliphatic carbocycles. The summed E-state index contributed by atoms with van der Waals surface area (Å²) >= 11 is 1.16. The Hall–Kier alpha value is -2.87. The summed E-state index contributed by atoms with van der Waals surface area (Å²) in [7, 11) is 0. The number of carbonyl (C=O) groups excluding carboxylic acids is 3. The number of nitrogens with one attached hydrogen (secondary N) is 1. The van der Waals surface area contributed by atoms with Crippen LogP contribution in [0.2, 0.25) is 0 Å². The van der Waals surface area contributed by atoms with Crippen LogP contribution in [0.4, 0.5) is 5.00 Å². The Morgan fingerprint density at radius 1 is 1.27 bits per heavy atom. The fraction of sp³-hybridized carbons (Fsp3) is 0.278. The second kappa shape index (κ2) is 9.57. The SMILES string of the molecule is CC/C=C/C(=O)OCC(=O)Nc1scc(-c2ccco2)c1C(=O)OCC. The zero-order valence-electron chi connectivity index (χ0n) is 14.4. The van der Waals surface area contributed by atoms with Crippen molar-refractivity contribution in [2.24, 2.45) is 0 Å². The number of ether oxygens (including phenoxy) is 2. The molecule has 2 rings (SSSR count). The predicted octanol–water partition coefficient (Wildman–Crippen LogP) is 3.63. The Morgan fingerprint density at radius 3 is 2.73 bits per heavy atom. The summed E-state index contributed by atoms with van der Waals surface area (Å²) in [4.78, 5) is 35.7. The molecule has 1 N–H and O–H groups in total. The lowest BCUT2D eigenvalue weighted by molar-refractivity contribution is -0.142. The summed E-state index contributed by atoms with van der Waals surface area (Å²) in [5.74, 6) is -1.24. The topological polar surface area (TPSA) is 94.8 Å². The molecule has 0 saturated carbocycles. The maximum absolute atomic E-state index is 12.3. The molecule has 138 valence electrons. The first-order valence-electron chi connectivity index (χ1n) is 8.02. The quantitative estimate of drug-likeness (QED) is 0.557. The van der Waals surface area contributed by atoms with Gasteiger partial charge in [0.1, 0.15) is 16.3 Å². The Morgan fingerprint density at radius 2 is 2.08 bits per heavy atom. The lowest BCUT2D eigenvalue weighted by atomic mass is 10.1. The van der Waals surface area contributed by atoms with Gasteiger partial charge in [0, 0.05) is 17.0 Å². The maximum Gasteiger partial charge on any atom is 0.341 e. The first kappa shape index (κ1) is 19.5. The number of hydrogen-bond donors (Lipinski definition) is 1. The molecule has 0 aliphatic heterocycles. The molecule has 0 radical (unpaired) electrons. The van der Waals surface area contributed by atoms with Crippen LogP contribution in [0.3, 0.4) is 0 Å². The average Bonchev–Trinajstić information content (AvgIpc) is 3.27. The van der Waals surface area contributed by atoms with Crippen LogP contribution in [0.25, 0.3) is 11.3 Å². The summed E-state index contributed by atoms with van der Waals surface area (Å²) in [6.45, 7) is 3.31. The van der Waals surface area contributed by atoms with E-state index in [1.165, 1.54) is 12.3 Å². The standard InChI is InChI=1S/C18H19NO6S/c1-3-5-8-15(21)25-10-14(20)19-17-16(18(22)23-4-2)12(11-26-17)13-7-6-9-24-13/h5-9,11H,3-4,10H2,1-2H3,(H,19,20)/b8-5+. The van der Waals surface area contributed by atoms with E-state index in [0.29, 0.717) is 22.7 Å². The average molecular weight is 377 g/mol. The number of esters is 2. The molecule has 7 nitrogen and oxygen atoms in total. The molecule has 2 aromatic heterocycles. The second-order valence-corrected chi connectivity index (χ2v) is 5.90. The van der Waals surface area contributed by atoms with E-state index in [-0.39, 0.29) is 12.2 Å². The highest BCUT2D eigenvalue weighted by Crippen LogP contribution is 2.36. The van der Waals surface area contributed by atoms with E-state index < -0.39 is 24.5 Å². The zero-order valence-corrected chi connectivity index (χ0v) is 15.3. The first-order valence-corrected chi connectivity index (χ1v) is 8.90. The van der Waals surface area contributed by atoms with Gasteiger partial charge in [-0.3, -0.25) is 4.79 Å². The van der Waals surface area contributed by atoms with Crippen LogP contribution in [0, 0.1) is 0 Å². The fourth-order valence-corrected chi connectivity index (χ4v) is 2.98. The number of hydrogen-bond acceptors (Lipinski definition) is 7. The van der Waals surface area contributed by atoms with E-state index in [4.69, 9.17) is 13.9 Å². The van der Waals surface area contributed by atoms with Crippen LogP contribution in [-0.4, -0.2) is 31.1 Å². The van der Waals surface area contributed by atoms with Crippen molar-refractivity contribution >= 4 is 34.2 Å². The third-order valence-electron chi connectivity index (χ3n) is 3.15. The van der Waals surface area contributed by atoms with Gasteiger partial charge < -0.3 is 19.2 Å². The largest absolute Gasteiger partial charge is 0.464 e. The number of allylic oxidation sites excluding steroid dienone is 1. The van der Waals surface area contributed by atoms with Crippen LogP contribution < -0.4 is 5.32 Å². The Labute approximate surface area is 154 Å². The fourth-order valence-electron chi connectivity index (χ4n) is 2.03. The molecule has 0 spiro atoms. The van der Waals surface area contributed by atoms with Gasteiger partial charge in [-0.1, -0.05) is 13.0 Å². The normalized spacial score (nSPS) is 10.7. The lowest BCUT2D eigenvalue weighted by Gasteiger charge is -2.08. The zero-order chi connectivity index (χ0) is 18.9. The molecule has 0 aliphatic rings. The summed E-state index contributed by atoms with van der Waals surface area (Å²) in [6.07, 6.45) is 5.07. The number of amides is 1. The second-order valence-electron chi connectivity index (χ2n) is 5.02. The van der Waals surface area contributed by atoms with Crippen LogP contribution in [0.15, 0.2) is 40.3 Å². The van der Waals surface area contributed by atoms with Gasteiger partial charge in [-0.25, -0.2) is 9.59 Å². The number of anilines is 1. The number of furan rings is 1. The Bertz CT molecular complexity index is 791. The van der Waals surface area contributed by atoms with Gasteiger partial charge in [-0.15, -0.1) is 11.3 Å². The first-order chi connectivity index (χ1) is 12.6. The van der Waals surface area contributed by atoms with Crippen molar-refractivity contribution < 1.29 is 28.3 Å². The molecular weight excluding hydrogens is 358 g/mol. The van der Waals surface area contributed by atoms with Crippen LogP contribution in [0.5, 0.6) is 0 Å². The summed E-state index contributed by atoms with van der Waals surface area (Å²) in [5.41, 5.74) is 0.731. The van der Waals surface area contributed by atoms with Crippen LogP contribution >= 0.6 is 11.3 Å². The van der Waals surface area contributed by atoms with E-state index in [9.17, 15) is 14.4 Å². The molecule has 0 saturated heterocycles. The molecule has 0 fully saturated rings. The van der Waals surface area contributed by atoms with E-state index in [0.717, 1.165) is 11.3 Å². The molecule has 26 heavy (non-hydrogen) atoms. The third-order valence-corrected chi connectivity index (χ3v) is 4.04. The van der Waals surface area contributed by atoms with Gasteiger partial charge in [0.15, 0.2) is 6.61 Å². The summed E-state index contributed by atoms with van der Waals surface area (Å²) < 4.78 is 15.2. The maximum atomic E-state index is 12.3. The van der Waals surface area contributed by atoms with Gasteiger partial charge >= 0.3 is 11.9 Å². The molecule has 0 atom stereocenters. The minimum Gasteiger partial charge on any atom is -0.464 e. The molecule has 1 amide bonds. The smallest absolute Gasteiger partial charge is 0.341 e. The summed E-state index contributed by atoms with van der Waals surface area (Å²) in [6, 6.07) is 3.40. The molecule has 0 aromatic carbocycles. The van der Waals surface area contributed by atoms with Crippen molar-refractivity contribution in [3.05, 3.63) is 41.5 Å². The van der Waals surface area contributed by atoms with E-state index in [1.54, 1.807) is 30.5 Å². The van der Waals surface area contributed by atoms with Gasteiger partial charge in [0.25, 0.3) is 5.91 Å². The van der Waals surface area contributed by atoms with Gasteiger partial charge in [0.2, 0.25) is 0 Å². The molecule has 2 heterocycles. The molecule has 2 aromatic rings. The number of carbonyl (C=O) groups is 3. The van der Waals surface area contributed by atoms with Gasteiger partial charge in [0.05, 0.1) is 12.9 Å². The van der Waals surface area contributed by atoms with Gasteiger partial charge in [-0.2, -0.15) is 0 Å². The minimum atomic E-state index is -0.602. The highest BCUT2D eigenvalue weighted by atomic mass is 32.1. The van der Waals surface area contributed by atoms with Crippen molar-refractivity contribution in [1.29, 1.82) is 0 Å². The van der Waals surface area contributed by atoms with Crippen molar-refractivity contribution in [1.82, 2.24) is 0 Å². The molecule has 8 heteroatoms.